The largest absolute Gasteiger partial charge is 0.317 e. The predicted molar refractivity (Wildman–Crippen MR) is 81.5 cm³/mol. The van der Waals surface area contributed by atoms with E-state index in [0.29, 0.717) is 11.4 Å². The molecule has 110 valence electrons. The average molecular weight is 315 g/mol. The van der Waals surface area contributed by atoms with E-state index in [-0.39, 0.29) is 10.6 Å². The third-order valence-electron chi connectivity index (χ3n) is 3.02. The SMILES string of the molecule is O=C1NC(=O)C(=Cc2cccn2-c2cccc([N+](=O)[O-])c2)S1. The van der Waals surface area contributed by atoms with Gasteiger partial charge in [0.25, 0.3) is 16.8 Å². The first-order chi connectivity index (χ1) is 10.5. The molecule has 1 aromatic heterocycles. The van der Waals surface area contributed by atoms with Gasteiger partial charge in [-0.1, -0.05) is 6.07 Å². The molecule has 1 aliphatic heterocycles. The lowest BCUT2D eigenvalue weighted by Crippen LogP contribution is -2.17. The van der Waals surface area contributed by atoms with Crippen LogP contribution < -0.4 is 5.32 Å². The Morgan fingerprint density at radius 3 is 2.73 bits per heavy atom. The van der Waals surface area contributed by atoms with Crippen LogP contribution in [0.2, 0.25) is 0 Å². The Morgan fingerprint density at radius 2 is 2.05 bits per heavy atom. The van der Waals surface area contributed by atoms with Gasteiger partial charge in [0.2, 0.25) is 0 Å². The fraction of sp³-hybridized carbons (Fsp3) is 0. The Kier molecular flexibility index (Phi) is 3.51. The molecule has 0 saturated carbocycles. The molecule has 2 heterocycles. The monoisotopic (exact) mass is 315 g/mol. The molecule has 2 aromatic rings. The van der Waals surface area contributed by atoms with Gasteiger partial charge >= 0.3 is 0 Å². The van der Waals surface area contributed by atoms with Crippen molar-refractivity contribution in [2.24, 2.45) is 0 Å². The predicted octanol–water partition coefficient (Wildman–Crippen LogP) is 2.71. The summed E-state index contributed by atoms with van der Waals surface area (Å²) in [5.74, 6) is -0.443. The summed E-state index contributed by atoms with van der Waals surface area (Å²) in [6.45, 7) is 0. The van der Waals surface area contributed by atoms with Crippen molar-refractivity contribution in [1.29, 1.82) is 0 Å². The van der Waals surface area contributed by atoms with Gasteiger partial charge in [-0.25, -0.2) is 0 Å². The second kappa shape index (κ2) is 5.49. The molecule has 1 aliphatic rings. The zero-order valence-corrected chi connectivity index (χ0v) is 11.9. The number of amides is 2. The van der Waals surface area contributed by atoms with Gasteiger partial charge < -0.3 is 4.57 Å². The normalized spacial score (nSPS) is 16.1. The minimum absolute atomic E-state index is 0.0204. The molecule has 0 unspecified atom stereocenters. The van der Waals surface area contributed by atoms with Crippen molar-refractivity contribution in [3.8, 4) is 5.69 Å². The first-order valence-corrected chi connectivity index (χ1v) is 7.03. The third kappa shape index (κ3) is 2.63. The zero-order valence-electron chi connectivity index (χ0n) is 11.1. The van der Waals surface area contributed by atoms with Gasteiger partial charge in [0, 0.05) is 24.0 Å². The van der Waals surface area contributed by atoms with E-state index < -0.39 is 16.1 Å². The van der Waals surface area contributed by atoms with Gasteiger partial charge in [0.05, 0.1) is 15.5 Å². The summed E-state index contributed by atoms with van der Waals surface area (Å²) in [7, 11) is 0. The number of carbonyl (C=O) groups is 2. The van der Waals surface area contributed by atoms with E-state index in [2.05, 4.69) is 5.32 Å². The van der Waals surface area contributed by atoms with Gasteiger partial charge in [-0.15, -0.1) is 0 Å². The summed E-state index contributed by atoms with van der Waals surface area (Å²) in [5.41, 5.74) is 1.22. The molecule has 0 spiro atoms. The number of rotatable bonds is 3. The van der Waals surface area contributed by atoms with E-state index >= 15 is 0 Å². The van der Waals surface area contributed by atoms with Crippen LogP contribution in [0.5, 0.6) is 0 Å². The number of aromatic nitrogens is 1. The minimum atomic E-state index is -0.468. The molecule has 7 nitrogen and oxygen atoms in total. The summed E-state index contributed by atoms with van der Waals surface area (Å²) in [4.78, 5) is 33.4. The lowest BCUT2D eigenvalue weighted by molar-refractivity contribution is -0.384. The molecule has 3 rings (SSSR count). The quantitative estimate of drug-likeness (QED) is 0.534. The molecule has 0 bridgehead atoms. The Hall–Kier alpha value is -2.87. The van der Waals surface area contributed by atoms with E-state index in [1.54, 1.807) is 41.1 Å². The van der Waals surface area contributed by atoms with Crippen molar-refractivity contribution in [3.05, 3.63) is 63.3 Å². The van der Waals surface area contributed by atoms with Gasteiger partial charge in [-0.2, -0.15) is 0 Å². The zero-order chi connectivity index (χ0) is 15.7. The van der Waals surface area contributed by atoms with Crippen LogP contribution in [-0.2, 0) is 4.79 Å². The second-order valence-electron chi connectivity index (χ2n) is 4.43. The highest BCUT2D eigenvalue weighted by Crippen LogP contribution is 2.27. The van der Waals surface area contributed by atoms with Gasteiger partial charge in [0.1, 0.15) is 0 Å². The number of nitro benzene ring substituents is 1. The van der Waals surface area contributed by atoms with Crippen molar-refractivity contribution in [1.82, 2.24) is 9.88 Å². The van der Waals surface area contributed by atoms with Crippen LogP contribution in [0.4, 0.5) is 10.5 Å². The van der Waals surface area contributed by atoms with E-state index in [0.717, 1.165) is 11.8 Å². The van der Waals surface area contributed by atoms with E-state index in [4.69, 9.17) is 0 Å². The van der Waals surface area contributed by atoms with Crippen LogP contribution in [-0.4, -0.2) is 20.6 Å². The van der Waals surface area contributed by atoms with Crippen molar-refractivity contribution < 1.29 is 14.5 Å². The maximum atomic E-state index is 11.6. The summed E-state index contributed by atoms with van der Waals surface area (Å²) < 4.78 is 1.70. The first kappa shape index (κ1) is 14.1. The molecule has 0 atom stereocenters. The molecule has 0 radical (unpaired) electrons. The van der Waals surface area contributed by atoms with Gasteiger partial charge in [-0.05, 0) is 36.0 Å². The molecule has 22 heavy (non-hydrogen) atoms. The lowest BCUT2D eigenvalue weighted by atomic mass is 10.2. The molecule has 1 aromatic carbocycles. The van der Waals surface area contributed by atoms with Crippen LogP contribution in [0.3, 0.4) is 0 Å². The van der Waals surface area contributed by atoms with Crippen LogP contribution in [0.1, 0.15) is 5.69 Å². The van der Waals surface area contributed by atoms with Crippen LogP contribution in [0.25, 0.3) is 11.8 Å². The summed E-state index contributed by atoms with van der Waals surface area (Å²) in [5, 5.41) is 12.6. The Morgan fingerprint density at radius 1 is 1.23 bits per heavy atom. The number of nitrogens with one attached hydrogen (secondary N) is 1. The lowest BCUT2D eigenvalue weighted by Gasteiger charge is -2.06. The van der Waals surface area contributed by atoms with Crippen molar-refractivity contribution in [3.63, 3.8) is 0 Å². The standard InChI is InChI=1S/C14H9N3O4S/c18-13-12(22-14(19)15-13)8-10-5-2-6-16(10)9-3-1-4-11(7-9)17(20)21/h1-8H,(H,15,18,19). The number of non-ortho nitro benzene ring substituents is 1. The number of thioether (sulfide) groups is 1. The molecule has 1 fully saturated rings. The molecule has 2 amide bonds. The molecule has 1 saturated heterocycles. The number of nitro groups is 1. The smallest absolute Gasteiger partial charge is 0.290 e. The van der Waals surface area contributed by atoms with Crippen molar-refractivity contribution in [2.45, 2.75) is 0 Å². The number of hydrogen-bond acceptors (Lipinski definition) is 5. The molecule has 8 heteroatoms. The summed E-state index contributed by atoms with van der Waals surface area (Å²) in [6, 6.07) is 9.67. The molecule has 0 aliphatic carbocycles. The third-order valence-corrected chi connectivity index (χ3v) is 3.83. The maximum absolute atomic E-state index is 11.6. The van der Waals surface area contributed by atoms with Crippen molar-refractivity contribution in [2.75, 3.05) is 0 Å². The highest BCUT2D eigenvalue weighted by molar-refractivity contribution is 8.18. The molecular weight excluding hydrogens is 306 g/mol. The van der Waals surface area contributed by atoms with E-state index in [9.17, 15) is 19.7 Å². The van der Waals surface area contributed by atoms with Crippen LogP contribution >= 0.6 is 11.8 Å². The number of nitrogens with zero attached hydrogens (tertiary/aromatic N) is 2. The van der Waals surface area contributed by atoms with E-state index in [1.165, 1.54) is 12.1 Å². The number of imide groups is 1. The minimum Gasteiger partial charge on any atom is -0.317 e. The van der Waals surface area contributed by atoms with Crippen LogP contribution in [0.15, 0.2) is 47.5 Å². The van der Waals surface area contributed by atoms with Gasteiger partial charge in [0.15, 0.2) is 0 Å². The van der Waals surface area contributed by atoms with E-state index in [1.807, 2.05) is 0 Å². The second-order valence-corrected chi connectivity index (χ2v) is 5.45. The van der Waals surface area contributed by atoms with Crippen LogP contribution in [0, 0.1) is 10.1 Å². The summed E-state index contributed by atoms with van der Waals surface area (Å²) in [6.07, 6.45) is 3.30. The highest BCUT2D eigenvalue weighted by Gasteiger charge is 2.25. The number of hydrogen-bond donors (Lipinski definition) is 1. The van der Waals surface area contributed by atoms with Crippen molar-refractivity contribution >= 4 is 34.7 Å². The summed E-state index contributed by atoms with van der Waals surface area (Å²) >= 11 is 0.824. The fourth-order valence-electron chi connectivity index (χ4n) is 2.06. The first-order valence-electron chi connectivity index (χ1n) is 6.21. The Labute approximate surface area is 128 Å². The Balaban J connectivity index is 2.01. The molecule has 1 N–H and O–H groups in total. The molecular formula is C14H9N3O4S. The number of benzene rings is 1. The average Bonchev–Trinajstić information content (AvgIpc) is 3.06. The van der Waals surface area contributed by atoms with Gasteiger partial charge in [-0.3, -0.25) is 25.0 Å². The topological polar surface area (TPSA) is 94.2 Å². The number of carbonyl (C=O) groups excluding carboxylic acids is 2. The fourth-order valence-corrected chi connectivity index (χ4v) is 2.73. The Bertz CT molecular complexity index is 825. The highest BCUT2D eigenvalue weighted by atomic mass is 32.2. The maximum Gasteiger partial charge on any atom is 0.290 e.